The highest BCUT2D eigenvalue weighted by atomic mass is 16.5. The van der Waals surface area contributed by atoms with Crippen LogP contribution < -0.4 is 10.5 Å². The van der Waals surface area contributed by atoms with Crippen LogP contribution in [0, 0.1) is 18.8 Å². The average molecular weight is 287 g/mol. The average Bonchev–Trinajstić information content (AvgIpc) is 2.49. The summed E-state index contributed by atoms with van der Waals surface area (Å²) in [6.45, 7) is 5.52. The van der Waals surface area contributed by atoms with Gasteiger partial charge in [-0.2, -0.15) is 0 Å². The predicted molar refractivity (Wildman–Crippen MR) is 90.6 cm³/mol. The van der Waals surface area contributed by atoms with Crippen LogP contribution in [-0.4, -0.2) is 13.2 Å². The lowest BCUT2D eigenvalue weighted by Gasteiger charge is -2.09. The van der Waals surface area contributed by atoms with Crippen molar-refractivity contribution in [2.45, 2.75) is 58.8 Å². The molecular formula is C19H29NO. The van der Waals surface area contributed by atoms with Crippen molar-refractivity contribution in [3.8, 4) is 17.6 Å². The minimum absolute atomic E-state index is 0.398. The zero-order valence-electron chi connectivity index (χ0n) is 13.6. The molecule has 2 N–H and O–H groups in total. The van der Waals surface area contributed by atoms with E-state index >= 15 is 0 Å². The smallest absolute Gasteiger partial charge is 0.122 e. The van der Waals surface area contributed by atoms with E-state index in [-0.39, 0.29) is 0 Å². The van der Waals surface area contributed by atoms with Crippen molar-refractivity contribution in [1.82, 2.24) is 0 Å². The quantitative estimate of drug-likeness (QED) is 0.538. The highest BCUT2D eigenvalue weighted by Gasteiger charge is 2.00. The van der Waals surface area contributed by atoms with Crippen LogP contribution in [0.2, 0.25) is 0 Å². The van der Waals surface area contributed by atoms with Gasteiger partial charge in [0.05, 0.1) is 13.2 Å². The zero-order chi connectivity index (χ0) is 15.3. The molecule has 1 aromatic rings. The lowest BCUT2D eigenvalue weighted by atomic mass is 10.1. The molecule has 0 aromatic heterocycles. The first-order chi connectivity index (χ1) is 10.3. The van der Waals surface area contributed by atoms with Crippen LogP contribution in [0.15, 0.2) is 18.2 Å². The molecule has 1 rings (SSSR count). The van der Waals surface area contributed by atoms with Crippen molar-refractivity contribution in [3.63, 3.8) is 0 Å². The summed E-state index contributed by atoms with van der Waals surface area (Å²) < 4.78 is 5.85. The summed E-state index contributed by atoms with van der Waals surface area (Å²) in [5.74, 6) is 6.88. The fraction of sp³-hybridized carbons (Fsp3) is 0.579. The molecule has 0 amide bonds. The van der Waals surface area contributed by atoms with Crippen LogP contribution in [0.1, 0.15) is 63.0 Å². The first-order valence-electron chi connectivity index (χ1n) is 8.20. The van der Waals surface area contributed by atoms with Crippen LogP contribution in [-0.2, 0) is 0 Å². The zero-order valence-corrected chi connectivity index (χ0v) is 13.6. The molecular weight excluding hydrogens is 258 g/mol. The van der Waals surface area contributed by atoms with Crippen LogP contribution >= 0.6 is 0 Å². The van der Waals surface area contributed by atoms with Crippen molar-refractivity contribution in [1.29, 1.82) is 0 Å². The molecule has 0 aliphatic heterocycles. The Hall–Kier alpha value is -1.46. The van der Waals surface area contributed by atoms with Gasteiger partial charge in [-0.3, -0.25) is 0 Å². The molecule has 0 atom stereocenters. The monoisotopic (exact) mass is 287 g/mol. The van der Waals surface area contributed by atoms with Crippen molar-refractivity contribution < 1.29 is 4.74 Å². The second-order valence-electron chi connectivity index (χ2n) is 5.46. The van der Waals surface area contributed by atoms with Gasteiger partial charge in [-0.15, -0.1) is 0 Å². The van der Waals surface area contributed by atoms with Gasteiger partial charge >= 0.3 is 0 Å². The van der Waals surface area contributed by atoms with Gasteiger partial charge in [0.1, 0.15) is 5.75 Å². The molecule has 21 heavy (non-hydrogen) atoms. The number of rotatable bonds is 9. The first-order valence-corrected chi connectivity index (χ1v) is 8.20. The van der Waals surface area contributed by atoms with E-state index in [1.807, 2.05) is 12.1 Å². The van der Waals surface area contributed by atoms with Crippen molar-refractivity contribution in [3.05, 3.63) is 29.3 Å². The van der Waals surface area contributed by atoms with Crippen molar-refractivity contribution in [2.75, 3.05) is 13.2 Å². The SMILES string of the molecule is CCCCCCCCCOc1ccc(C#CCN)cc1C. The maximum absolute atomic E-state index is 5.85. The number of unbranched alkanes of at least 4 members (excludes halogenated alkanes) is 6. The standard InChI is InChI=1S/C19H29NO/c1-3-4-5-6-7-8-9-15-21-19-13-12-18(11-10-14-20)16-17(19)2/h12-13,16H,3-9,14-15,20H2,1-2H3. The summed E-state index contributed by atoms with van der Waals surface area (Å²) in [4.78, 5) is 0. The Morgan fingerprint density at radius 3 is 2.43 bits per heavy atom. The number of aryl methyl sites for hydroxylation is 1. The summed E-state index contributed by atoms with van der Waals surface area (Å²) in [7, 11) is 0. The van der Waals surface area contributed by atoms with E-state index in [9.17, 15) is 0 Å². The van der Waals surface area contributed by atoms with Gasteiger partial charge in [-0.1, -0.05) is 57.3 Å². The number of nitrogens with two attached hydrogens (primary N) is 1. The molecule has 0 bridgehead atoms. The van der Waals surface area contributed by atoms with Gasteiger partial charge < -0.3 is 10.5 Å². The van der Waals surface area contributed by atoms with E-state index in [1.54, 1.807) is 0 Å². The maximum Gasteiger partial charge on any atom is 0.122 e. The normalized spacial score (nSPS) is 10.0. The number of hydrogen-bond donors (Lipinski definition) is 1. The lowest BCUT2D eigenvalue weighted by molar-refractivity contribution is 0.302. The third-order valence-electron chi connectivity index (χ3n) is 3.52. The second-order valence-corrected chi connectivity index (χ2v) is 5.46. The Bertz CT molecular complexity index is 456. The van der Waals surface area contributed by atoms with E-state index < -0.39 is 0 Å². The van der Waals surface area contributed by atoms with E-state index in [4.69, 9.17) is 10.5 Å². The van der Waals surface area contributed by atoms with E-state index in [2.05, 4.69) is 31.8 Å². The second kappa shape index (κ2) is 11.2. The van der Waals surface area contributed by atoms with Crippen LogP contribution in [0.25, 0.3) is 0 Å². The highest BCUT2D eigenvalue weighted by Crippen LogP contribution is 2.19. The third kappa shape index (κ3) is 7.78. The lowest BCUT2D eigenvalue weighted by Crippen LogP contribution is -1.99. The molecule has 0 saturated carbocycles. The molecule has 0 fully saturated rings. The van der Waals surface area contributed by atoms with Crippen LogP contribution in [0.4, 0.5) is 0 Å². The van der Waals surface area contributed by atoms with E-state index in [0.717, 1.165) is 29.9 Å². The van der Waals surface area contributed by atoms with E-state index in [1.165, 1.54) is 38.5 Å². The topological polar surface area (TPSA) is 35.2 Å². The molecule has 0 radical (unpaired) electrons. The van der Waals surface area contributed by atoms with Gasteiger partial charge in [-0.25, -0.2) is 0 Å². The Morgan fingerprint density at radius 1 is 1.05 bits per heavy atom. The predicted octanol–water partition coefficient (Wildman–Crippen LogP) is 4.43. The van der Waals surface area contributed by atoms with Crippen molar-refractivity contribution in [2.24, 2.45) is 5.73 Å². The molecule has 0 aliphatic carbocycles. The molecule has 116 valence electrons. The minimum Gasteiger partial charge on any atom is -0.493 e. The molecule has 2 heteroatoms. The Kier molecular flexibility index (Phi) is 9.40. The first kappa shape index (κ1) is 17.6. The molecule has 0 spiro atoms. The fourth-order valence-corrected chi connectivity index (χ4v) is 2.28. The highest BCUT2D eigenvalue weighted by molar-refractivity contribution is 5.43. The molecule has 2 nitrogen and oxygen atoms in total. The van der Waals surface area contributed by atoms with Crippen LogP contribution in [0.3, 0.4) is 0 Å². The molecule has 1 aromatic carbocycles. The molecule has 0 unspecified atom stereocenters. The summed E-state index contributed by atoms with van der Waals surface area (Å²) in [6.07, 6.45) is 9.16. The largest absolute Gasteiger partial charge is 0.493 e. The molecule has 0 saturated heterocycles. The molecule has 0 heterocycles. The number of benzene rings is 1. The summed E-state index contributed by atoms with van der Waals surface area (Å²) in [5.41, 5.74) is 7.52. The Morgan fingerprint density at radius 2 is 1.76 bits per heavy atom. The van der Waals surface area contributed by atoms with Crippen LogP contribution in [0.5, 0.6) is 5.75 Å². The van der Waals surface area contributed by atoms with Gasteiger partial charge in [0.25, 0.3) is 0 Å². The third-order valence-corrected chi connectivity index (χ3v) is 3.52. The summed E-state index contributed by atoms with van der Waals surface area (Å²) in [6, 6.07) is 6.07. The molecule has 0 aliphatic rings. The Balaban J connectivity index is 2.23. The van der Waals surface area contributed by atoms with Gasteiger partial charge in [-0.05, 0) is 37.1 Å². The van der Waals surface area contributed by atoms with Crippen molar-refractivity contribution >= 4 is 0 Å². The fourth-order valence-electron chi connectivity index (χ4n) is 2.28. The Labute approximate surface area is 130 Å². The minimum atomic E-state index is 0.398. The van der Waals surface area contributed by atoms with Gasteiger partial charge in [0.2, 0.25) is 0 Å². The number of hydrogen-bond acceptors (Lipinski definition) is 2. The number of ether oxygens (including phenoxy) is 1. The van der Waals surface area contributed by atoms with Gasteiger partial charge in [0, 0.05) is 5.56 Å². The summed E-state index contributed by atoms with van der Waals surface area (Å²) >= 11 is 0. The maximum atomic E-state index is 5.85. The van der Waals surface area contributed by atoms with E-state index in [0.29, 0.717) is 6.54 Å². The summed E-state index contributed by atoms with van der Waals surface area (Å²) in [5, 5.41) is 0. The van der Waals surface area contributed by atoms with Gasteiger partial charge in [0.15, 0.2) is 0 Å².